The molecule has 0 aliphatic carbocycles. The maximum Gasteiger partial charge on any atom is 0.336 e. The zero-order valence-electron chi connectivity index (χ0n) is 13.2. The third-order valence-corrected chi connectivity index (χ3v) is 4.05. The van der Waals surface area contributed by atoms with Gasteiger partial charge in [0.2, 0.25) is 6.41 Å². The second kappa shape index (κ2) is 8.37. The van der Waals surface area contributed by atoms with Crippen LogP contribution < -0.4 is 16.4 Å². The molecule has 2 aromatic carbocycles. The van der Waals surface area contributed by atoms with Crippen molar-refractivity contribution in [2.45, 2.75) is 0 Å². The van der Waals surface area contributed by atoms with Gasteiger partial charge in [-0.1, -0.05) is 35.3 Å². The molecular weight excluding hydrogens is 379 g/mol. The van der Waals surface area contributed by atoms with Crippen molar-refractivity contribution in [2.24, 2.45) is 5.73 Å². The Labute approximate surface area is 158 Å². The van der Waals surface area contributed by atoms with Crippen molar-refractivity contribution >= 4 is 64.6 Å². The highest BCUT2D eigenvalue weighted by Gasteiger charge is 2.15. The zero-order chi connectivity index (χ0) is 19.3. The maximum atomic E-state index is 11.8. The lowest BCUT2D eigenvalue weighted by atomic mass is 10.0. The molecule has 0 fully saturated rings. The van der Waals surface area contributed by atoms with Crippen LogP contribution in [0.15, 0.2) is 36.4 Å². The average molecular weight is 393 g/mol. The SMILES string of the molecule is N=C(N)Nc1cccc(C(=Cc2c(Cl)ccc(NC=O)c2Cl)C(=O)O)c1. The van der Waals surface area contributed by atoms with E-state index in [4.69, 9.17) is 34.3 Å². The van der Waals surface area contributed by atoms with Gasteiger partial charge >= 0.3 is 5.97 Å². The van der Waals surface area contributed by atoms with Crippen LogP contribution in [0.1, 0.15) is 11.1 Å². The second-order valence-corrected chi connectivity index (χ2v) is 5.85. The van der Waals surface area contributed by atoms with Gasteiger partial charge in [-0.25, -0.2) is 4.79 Å². The van der Waals surface area contributed by atoms with Crippen LogP contribution in [0.3, 0.4) is 0 Å². The molecule has 0 aliphatic heterocycles. The van der Waals surface area contributed by atoms with Crippen LogP contribution in [-0.2, 0) is 9.59 Å². The molecule has 2 rings (SSSR count). The largest absolute Gasteiger partial charge is 0.478 e. The van der Waals surface area contributed by atoms with E-state index in [1.807, 2.05) is 0 Å². The van der Waals surface area contributed by atoms with E-state index in [1.54, 1.807) is 18.2 Å². The van der Waals surface area contributed by atoms with E-state index < -0.39 is 5.97 Å². The average Bonchev–Trinajstić information content (AvgIpc) is 2.57. The van der Waals surface area contributed by atoms with E-state index in [0.29, 0.717) is 23.3 Å². The first kappa shape index (κ1) is 19.3. The number of anilines is 2. The van der Waals surface area contributed by atoms with E-state index in [9.17, 15) is 14.7 Å². The number of carboxylic acid groups (broad SMARTS) is 1. The lowest BCUT2D eigenvalue weighted by Crippen LogP contribution is -2.20. The Morgan fingerprint density at radius 1 is 1.23 bits per heavy atom. The van der Waals surface area contributed by atoms with Crippen LogP contribution in [-0.4, -0.2) is 23.4 Å². The summed E-state index contributed by atoms with van der Waals surface area (Å²) in [5.41, 5.74) is 6.57. The van der Waals surface area contributed by atoms with Crippen LogP contribution in [0.4, 0.5) is 11.4 Å². The van der Waals surface area contributed by atoms with E-state index in [2.05, 4.69) is 10.6 Å². The van der Waals surface area contributed by atoms with Gasteiger partial charge in [-0.2, -0.15) is 0 Å². The lowest BCUT2D eigenvalue weighted by molar-refractivity contribution is -0.130. The Bertz CT molecular complexity index is 913. The molecule has 0 atom stereocenters. The number of rotatable bonds is 6. The summed E-state index contributed by atoms with van der Waals surface area (Å²) in [7, 11) is 0. The Balaban J connectivity index is 2.58. The number of guanidine groups is 1. The number of nitrogens with two attached hydrogens (primary N) is 1. The molecule has 0 bridgehead atoms. The summed E-state index contributed by atoms with van der Waals surface area (Å²) in [6, 6.07) is 9.37. The molecule has 134 valence electrons. The minimum atomic E-state index is -1.20. The molecular formula is C17H14Cl2N4O3. The quantitative estimate of drug-likeness (QED) is 0.169. The summed E-state index contributed by atoms with van der Waals surface area (Å²) in [4.78, 5) is 22.4. The van der Waals surface area contributed by atoms with Crippen molar-refractivity contribution in [3.05, 3.63) is 57.6 Å². The summed E-state index contributed by atoms with van der Waals surface area (Å²) in [5.74, 6) is -1.48. The normalized spacial score (nSPS) is 10.9. The van der Waals surface area contributed by atoms with Crippen molar-refractivity contribution in [1.82, 2.24) is 0 Å². The number of hydrogen-bond donors (Lipinski definition) is 5. The smallest absolute Gasteiger partial charge is 0.336 e. The second-order valence-electron chi connectivity index (χ2n) is 5.07. The molecule has 0 saturated heterocycles. The number of amides is 1. The van der Waals surface area contributed by atoms with Crippen molar-refractivity contribution in [2.75, 3.05) is 10.6 Å². The number of benzene rings is 2. The maximum absolute atomic E-state index is 11.8. The summed E-state index contributed by atoms with van der Waals surface area (Å²) in [6.45, 7) is 0. The van der Waals surface area contributed by atoms with E-state index in [0.717, 1.165) is 0 Å². The molecule has 7 nitrogen and oxygen atoms in total. The predicted molar refractivity (Wildman–Crippen MR) is 104 cm³/mol. The van der Waals surface area contributed by atoms with E-state index >= 15 is 0 Å². The molecule has 26 heavy (non-hydrogen) atoms. The standard InChI is InChI=1S/C17H14Cl2N4O3/c18-13-4-5-14(22-8-24)15(19)12(13)7-11(16(25)26)9-2-1-3-10(6-9)23-17(20)21/h1-8H,(H,22,24)(H,25,26)(H4,20,21,23). The molecule has 0 unspecified atom stereocenters. The fourth-order valence-corrected chi connectivity index (χ4v) is 2.74. The van der Waals surface area contributed by atoms with Crippen molar-refractivity contribution < 1.29 is 14.7 Å². The van der Waals surface area contributed by atoms with Crippen LogP contribution in [0.2, 0.25) is 10.0 Å². The number of aliphatic carboxylic acids is 1. The first-order valence-electron chi connectivity index (χ1n) is 7.18. The molecule has 2 aromatic rings. The Hall–Kier alpha value is -3.03. The predicted octanol–water partition coefficient (Wildman–Crippen LogP) is 3.49. The lowest BCUT2D eigenvalue weighted by Gasteiger charge is -2.11. The van der Waals surface area contributed by atoms with Crippen molar-refractivity contribution in [3.63, 3.8) is 0 Å². The molecule has 1 amide bonds. The molecule has 0 aromatic heterocycles. The molecule has 0 aliphatic rings. The van der Waals surface area contributed by atoms with Gasteiger partial charge in [0.05, 0.1) is 16.3 Å². The third kappa shape index (κ3) is 4.53. The van der Waals surface area contributed by atoms with Crippen molar-refractivity contribution in [1.29, 1.82) is 5.41 Å². The molecule has 0 saturated carbocycles. The number of carbonyl (C=O) groups is 2. The fourth-order valence-electron chi connectivity index (χ4n) is 2.21. The molecule has 0 radical (unpaired) electrons. The molecule has 0 heterocycles. The van der Waals surface area contributed by atoms with E-state index in [-0.39, 0.29) is 27.1 Å². The Kier molecular flexibility index (Phi) is 6.21. The van der Waals surface area contributed by atoms with Crippen LogP contribution >= 0.6 is 23.2 Å². The highest BCUT2D eigenvalue weighted by molar-refractivity contribution is 6.40. The van der Waals surface area contributed by atoms with Gasteiger partial charge in [0.15, 0.2) is 5.96 Å². The van der Waals surface area contributed by atoms with Gasteiger partial charge in [0, 0.05) is 16.3 Å². The van der Waals surface area contributed by atoms with Gasteiger partial charge in [-0.15, -0.1) is 0 Å². The molecule has 0 spiro atoms. The summed E-state index contributed by atoms with van der Waals surface area (Å²) in [6.07, 6.45) is 1.77. The van der Waals surface area contributed by atoms with Gasteiger partial charge in [-0.05, 0) is 35.9 Å². The fraction of sp³-hybridized carbons (Fsp3) is 0. The highest BCUT2D eigenvalue weighted by Crippen LogP contribution is 2.34. The van der Waals surface area contributed by atoms with Gasteiger partial charge < -0.3 is 21.5 Å². The highest BCUT2D eigenvalue weighted by atomic mass is 35.5. The van der Waals surface area contributed by atoms with Gasteiger partial charge in [0.25, 0.3) is 0 Å². The number of carbonyl (C=O) groups excluding carboxylic acids is 1. The number of carboxylic acids is 1. The first-order chi connectivity index (χ1) is 12.3. The third-order valence-electron chi connectivity index (χ3n) is 3.31. The Morgan fingerprint density at radius 3 is 2.58 bits per heavy atom. The van der Waals surface area contributed by atoms with Gasteiger partial charge in [-0.3, -0.25) is 10.2 Å². The van der Waals surface area contributed by atoms with Crippen LogP contribution in [0.25, 0.3) is 11.6 Å². The minimum absolute atomic E-state index is 0.0794. The number of hydrogen-bond acceptors (Lipinski definition) is 3. The summed E-state index contributed by atoms with van der Waals surface area (Å²) < 4.78 is 0. The summed E-state index contributed by atoms with van der Waals surface area (Å²) in [5, 5.41) is 22.2. The summed E-state index contributed by atoms with van der Waals surface area (Å²) >= 11 is 12.4. The van der Waals surface area contributed by atoms with Crippen LogP contribution in [0.5, 0.6) is 0 Å². The molecule has 6 N–H and O–H groups in total. The minimum Gasteiger partial charge on any atom is -0.478 e. The first-order valence-corrected chi connectivity index (χ1v) is 7.93. The molecule has 9 heteroatoms. The topological polar surface area (TPSA) is 128 Å². The van der Waals surface area contributed by atoms with E-state index in [1.165, 1.54) is 24.3 Å². The number of nitrogens with one attached hydrogen (secondary N) is 3. The monoisotopic (exact) mass is 392 g/mol. The Morgan fingerprint density at radius 2 is 1.96 bits per heavy atom. The zero-order valence-corrected chi connectivity index (χ0v) is 14.7. The van der Waals surface area contributed by atoms with Crippen LogP contribution in [0, 0.1) is 5.41 Å². The van der Waals surface area contributed by atoms with Crippen molar-refractivity contribution in [3.8, 4) is 0 Å². The number of halogens is 2. The van der Waals surface area contributed by atoms with Gasteiger partial charge in [0.1, 0.15) is 0 Å².